The predicted molar refractivity (Wildman–Crippen MR) is 66.8 cm³/mol. The third kappa shape index (κ3) is 1.52. The maximum absolute atomic E-state index is 6.39. The number of ether oxygens (including phenoxy) is 2. The van der Waals surface area contributed by atoms with Crippen molar-refractivity contribution in [2.75, 3.05) is 13.2 Å². The molecule has 0 amide bonds. The molecule has 0 bridgehead atoms. The zero-order valence-electron chi connectivity index (χ0n) is 8.82. The molecule has 0 radical (unpaired) electrons. The Hall–Kier alpha value is -0.410. The maximum atomic E-state index is 6.39. The number of fused-ring (bicyclic) bond motifs is 2. The van der Waals surface area contributed by atoms with E-state index in [0.29, 0.717) is 0 Å². The van der Waals surface area contributed by atoms with E-state index in [0.717, 1.165) is 71.0 Å². The lowest BCUT2D eigenvalue weighted by atomic mass is 9.99. The Morgan fingerprint density at radius 1 is 0.938 bits per heavy atom. The van der Waals surface area contributed by atoms with Gasteiger partial charge in [0.25, 0.3) is 0 Å². The van der Waals surface area contributed by atoms with Crippen LogP contribution < -0.4 is 9.47 Å². The molecule has 0 fully saturated rings. The van der Waals surface area contributed by atoms with Crippen LogP contribution in [0.15, 0.2) is 4.47 Å². The van der Waals surface area contributed by atoms with E-state index < -0.39 is 0 Å². The number of hydrogen-bond acceptors (Lipinski definition) is 2. The highest BCUT2D eigenvalue weighted by Gasteiger charge is 2.27. The summed E-state index contributed by atoms with van der Waals surface area (Å²) in [5.74, 6) is 1.80. The van der Waals surface area contributed by atoms with Crippen molar-refractivity contribution >= 4 is 27.5 Å². The Balaban J connectivity index is 2.24. The Labute approximate surface area is 108 Å². The molecule has 2 nitrogen and oxygen atoms in total. The third-order valence-corrected chi connectivity index (χ3v) is 4.35. The molecule has 0 saturated carbocycles. The summed E-state index contributed by atoms with van der Waals surface area (Å²) in [5, 5.41) is 0.757. The lowest BCUT2D eigenvalue weighted by Crippen LogP contribution is -2.15. The molecule has 4 heteroatoms. The van der Waals surface area contributed by atoms with Crippen molar-refractivity contribution in [1.82, 2.24) is 0 Å². The second-order valence-electron chi connectivity index (χ2n) is 4.15. The highest BCUT2D eigenvalue weighted by Crippen LogP contribution is 2.48. The fourth-order valence-corrected chi connectivity index (χ4v) is 3.41. The molecule has 0 unspecified atom stereocenters. The summed E-state index contributed by atoms with van der Waals surface area (Å²) in [4.78, 5) is 0. The van der Waals surface area contributed by atoms with Crippen LogP contribution in [0.5, 0.6) is 11.5 Å². The van der Waals surface area contributed by atoms with Gasteiger partial charge in [-0.2, -0.15) is 0 Å². The van der Waals surface area contributed by atoms with Gasteiger partial charge in [-0.05, 0) is 41.6 Å². The fourth-order valence-electron chi connectivity index (χ4n) is 2.33. The van der Waals surface area contributed by atoms with Crippen molar-refractivity contribution in [1.29, 1.82) is 0 Å². The lowest BCUT2D eigenvalue weighted by Gasteiger charge is -2.27. The average molecular weight is 304 g/mol. The van der Waals surface area contributed by atoms with Gasteiger partial charge in [0.2, 0.25) is 0 Å². The van der Waals surface area contributed by atoms with Gasteiger partial charge in [-0.25, -0.2) is 0 Å². The maximum Gasteiger partial charge on any atom is 0.142 e. The normalized spacial score (nSPS) is 18.1. The van der Waals surface area contributed by atoms with Crippen molar-refractivity contribution in [2.45, 2.75) is 25.7 Å². The summed E-state index contributed by atoms with van der Waals surface area (Å²) in [5.41, 5.74) is 2.26. The molecule has 0 N–H and O–H groups in total. The molecule has 86 valence electrons. The molecule has 0 aliphatic carbocycles. The summed E-state index contributed by atoms with van der Waals surface area (Å²) in [6.45, 7) is 1.54. The van der Waals surface area contributed by atoms with Crippen LogP contribution in [0.25, 0.3) is 0 Å². The topological polar surface area (TPSA) is 18.5 Å². The summed E-state index contributed by atoms with van der Waals surface area (Å²) in [6, 6.07) is 0. The third-order valence-electron chi connectivity index (χ3n) is 3.11. The molecule has 0 saturated heterocycles. The minimum Gasteiger partial charge on any atom is -0.492 e. The molecule has 16 heavy (non-hydrogen) atoms. The van der Waals surface area contributed by atoms with Crippen molar-refractivity contribution in [3.8, 4) is 11.5 Å². The molecule has 2 aliphatic heterocycles. The van der Waals surface area contributed by atoms with E-state index in [2.05, 4.69) is 15.9 Å². The van der Waals surface area contributed by atoms with Crippen molar-refractivity contribution < 1.29 is 9.47 Å². The van der Waals surface area contributed by atoms with E-state index >= 15 is 0 Å². The van der Waals surface area contributed by atoms with E-state index in [-0.39, 0.29) is 0 Å². The molecule has 0 spiro atoms. The molecule has 0 atom stereocenters. The molecular weight excluding hydrogens is 291 g/mol. The van der Waals surface area contributed by atoms with Crippen molar-refractivity contribution in [3.63, 3.8) is 0 Å². The zero-order chi connectivity index (χ0) is 11.1. The molecule has 3 rings (SSSR count). The number of rotatable bonds is 0. The van der Waals surface area contributed by atoms with Gasteiger partial charge in [0.1, 0.15) is 11.5 Å². The van der Waals surface area contributed by atoms with E-state index in [4.69, 9.17) is 21.1 Å². The van der Waals surface area contributed by atoms with E-state index in [1.807, 2.05) is 0 Å². The second kappa shape index (κ2) is 4.11. The van der Waals surface area contributed by atoms with Gasteiger partial charge in [-0.15, -0.1) is 0 Å². The highest BCUT2D eigenvalue weighted by atomic mass is 79.9. The van der Waals surface area contributed by atoms with E-state index in [9.17, 15) is 0 Å². The van der Waals surface area contributed by atoms with Crippen LogP contribution in [-0.4, -0.2) is 13.2 Å². The standard InChI is InChI=1S/C12H12BrClO2/c13-9-7-3-1-6-16-12(7)10(14)8-4-2-5-15-11(8)9/h1-6H2. The molecular formula is C12H12BrClO2. The van der Waals surface area contributed by atoms with Crippen molar-refractivity contribution in [3.05, 3.63) is 20.6 Å². The van der Waals surface area contributed by atoms with Crippen LogP contribution in [0.2, 0.25) is 5.02 Å². The quantitative estimate of drug-likeness (QED) is 0.726. The molecule has 2 heterocycles. The van der Waals surface area contributed by atoms with Gasteiger partial charge in [0, 0.05) is 11.1 Å². The van der Waals surface area contributed by atoms with Crippen LogP contribution in [0.1, 0.15) is 24.0 Å². The molecule has 1 aromatic carbocycles. The first-order valence-corrected chi connectivity index (χ1v) is 6.74. The fraction of sp³-hybridized carbons (Fsp3) is 0.500. The summed E-state index contributed by atoms with van der Waals surface area (Å²) < 4.78 is 12.4. The monoisotopic (exact) mass is 302 g/mol. The van der Waals surface area contributed by atoms with Crippen molar-refractivity contribution in [2.24, 2.45) is 0 Å². The lowest BCUT2D eigenvalue weighted by molar-refractivity contribution is 0.271. The van der Waals surface area contributed by atoms with Gasteiger partial charge in [-0.1, -0.05) is 11.6 Å². The van der Waals surface area contributed by atoms with Gasteiger partial charge >= 0.3 is 0 Å². The largest absolute Gasteiger partial charge is 0.492 e. The van der Waals surface area contributed by atoms with Gasteiger partial charge in [0.05, 0.1) is 22.7 Å². The number of hydrogen-bond donors (Lipinski definition) is 0. The summed E-state index contributed by atoms with van der Waals surface area (Å²) >= 11 is 10.0. The minimum atomic E-state index is 0.757. The van der Waals surface area contributed by atoms with E-state index in [1.165, 1.54) is 0 Å². The average Bonchev–Trinajstić information content (AvgIpc) is 2.36. The Bertz CT molecular complexity index is 367. The predicted octanol–water partition coefficient (Wildman–Crippen LogP) is 3.75. The van der Waals surface area contributed by atoms with Gasteiger partial charge in [-0.3, -0.25) is 0 Å². The van der Waals surface area contributed by atoms with Crippen LogP contribution in [0.3, 0.4) is 0 Å². The second-order valence-corrected chi connectivity index (χ2v) is 5.32. The van der Waals surface area contributed by atoms with Crippen LogP contribution in [0, 0.1) is 0 Å². The number of halogens is 2. The van der Waals surface area contributed by atoms with Crippen LogP contribution >= 0.6 is 27.5 Å². The molecule has 1 aromatic rings. The number of benzene rings is 1. The minimum absolute atomic E-state index is 0.757. The smallest absolute Gasteiger partial charge is 0.142 e. The Morgan fingerprint density at radius 3 is 2.31 bits per heavy atom. The first-order valence-electron chi connectivity index (χ1n) is 5.57. The summed E-state index contributed by atoms with van der Waals surface area (Å²) in [6.07, 6.45) is 4.05. The molecule has 2 aliphatic rings. The SMILES string of the molecule is Clc1c2c(c(Br)c3c1OCCC3)OCCC2. The highest BCUT2D eigenvalue weighted by molar-refractivity contribution is 9.10. The Morgan fingerprint density at radius 2 is 1.56 bits per heavy atom. The Kier molecular flexibility index (Phi) is 2.76. The van der Waals surface area contributed by atoms with Crippen LogP contribution in [0.4, 0.5) is 0 Å². The van der Waals surface area contributed by atoms with Gasteiger partial charge in [0.15, 0.2) is 0 Å². The first-order chi connectivity index (χ1) is 7.79. The van der Waals surface area contributed by atoms with E-state index in [1.54, 1.807) is 0 Å². The zero-order valence-corrected chi connectivity index (χ0v) is 11.2. The summed E-state index contributed by atoms with van der Waals surface area (Å²) in [7, 11) is 0. The first kappa shape index (κ1) is 10.7. The van der Waals surface area contributed by atoms with Crippen LogP contribution in [-0.2, 0) is 12.8 Å². The molecule has 0 aromatic heterocycles. The van der Waals surface area contributed by atoms with Gasteiger partial charge < -0.3 is 9.47 Å².